The van der Waals surface area contributed by atoms with Crippen molar-refractivity contribution in [3.63, 3.8) is 0 Å². The molecule has 0 bridgehead atoms. The molecule has 2 aliphatic heterocycles. The van der Waals surface area contributed by atoms with Crippen LogP contribution >= 0.6 is 0 Å². The minimum Gasteiger partial charge on any atom is -0.494 e. The molecule has 0 aliphatic carbocycles. The third kappa shape index (κ3) is 6.41. The van der Waals surface area contributed by atoms with Gasteiger partial charge in [-0.25, -0.2) is 23.2 Å². The van der Waals surface area contributed by atoms with Gasteiger partial charge in [0.25, 0.3) is 0 Å². The number of guanidine groups is 1. The van der Waals surface area contributed by atoms with Gasteiger partial charge >= 0.3 is 0 Å². The number of rotatable bonds is 8. The molecule has 0 radical (unpaired) electrons. The Balaban J connectivity index is 1.43. The summed E-state index contributed by atoms with van der Waals surface area (Å²) in [5.74, 6) is -1.44. The second-order valence-electron chi connectivity index (χ2n) is 8.71. The Morgan fingerprint density at radius 2 is 1.78 bits per heavy atom. The molecule has 1 N–H and O–H groups in total. The van der Waals surface area contributed by atoms with Crippen molar-refractivity contribution in [2.45, 2.75) is 19.6 Å². The van der Waals surface area contributed by atoms with Crippen molar-refractivity contribution in [2.75, 3.05) is 57.7 Å². The molecular formula is C26H30F3N5O3. The predicted octanol–water partition coefficient (Wildman–Crippen LogP) is 4.31. The lowest BCUT2D eigenvalue weighted by Gasteiger charge is -2.34. The second kappa shape index (κ2) is 12.1. The lowest BCUT2D eigenvalue weighted by atomic mass is 10.1. The number of benzene rings is 2. The molecule has 0 spiro atoms. The summed E-state index contributed by atoms with van der Waals surface area (Å²) in [7, 11) is 4.77. The van der Waals surface area contributed by atoms with E-state index >= 15 is 0 Å². The summed E-state index contributed by atoms with van der Waals surface area (Å²) in [6, 6.07) is 6.18. The molecule has 11 heteroatoms. The summed E-state index contributed by atoms with van der Waals surface area (Å²) in [4.78, 5) is 12.7. The first-order valence-electron chi connectivity index (χ1n) is 11.8. The number of anilines is 2. The number of allylic oxidation sites excluding steroid dienone is 1. The molecule has 4 rings (SSSR count). The summed E-state index contributed by atoms with van der Waals surface area (Å²) >= 11 is 0. The minimum atomic E-state index is -0.837. The fourth-order valence-corrected chi connectivity index (χ4v) is 4.04. The van der Waals surface area contributed by atoms with E-state index in [1.807, 2.05) is 11.9 Å². The van der Waals surface area contributed by atoms with E-state index in [9.17, 15) is 13.2 Å². The number of hydrogen-bond donors (Lipinski definition) is 1. The summed E-state index contributed by atoms with van der Waals surface area (Å²) in [5, 5.41) is 2.98. The number of likely N-dealkylation sites (N-methyl/N-ethyl adjacent to an activating group) is 1. The van der Waals surface area contributed by atoms with Gasteiger partial charge in [0.05, 0.1) is 31.2 Å². The highest BCUT2D eigenvalue weighted by Crippen LogP contribution is 2.29. The maximum absolute atomic E-state index is 14.8. The number of ether oxygens (including phenoxy) is 3. The number of halogens is 3. The summed E-state index contributed by atoms with van der Waals surface area (Å²) in [6.45, 7) is 2.88. The first-order chi connectivity index (χ1) is 17.9. The Morgan fingerprint density at radius 1 is 1.00 bits per heavy atom. The van der Waals surface area contributed by atoms with Gasteiger partial charge in [-0.3, -0.25) is 0 Å². The highest BCUT2D eigenvalue weighted by molar-refractivity contribution is 5.99. The summed E-state index contributed by atoms with van der Waals surface area (Å²) in [6.07, 6.45) is 3.22. The topological polar surface area (TPSA) is 70.9 Å². The van der Waals surface area contributed by atoms with Gasteiger partial charge in [0, 0.05) is 57.2 Å². The van der Waals surface area contributed by atoms with E-state index in [1.54, 1.807) is 18.3 Å². The third-order valence-corrected chi connectivity index (χ3v) is 6.14. The molecule has 2 aromatic rings. The van der Waals surface area contributed by atoms with Crippen LogP contribution in [0.1, 0.15) is 17.5 Å². The Kier molecular flexibility index (Phi) is 8.67. The molecule has 0 amide bonds. The van der Waals surface area contributed by atoms with Gasteiger partial charge in [0.15, 0.2) is 11.6 Å². The zero-order valence-electron chi connectivity index (χ0n) is 21.1. The van der Waals surface area contributed by atoms with Gasteiger partial charge in [-0.05, 0) is 31.3 Å². The molecule has 0 unspecified atom stereocenters. The van der Waals surface area contributed by atoms with Crippen molar-refractivity contribution in [1.82, 2.24) is 4.90 Å². The third-order valence-electron chi connectivity index (χ3n) is 6.14. The standard InChI is InChI=1S/C26H30F3N5O3/c1-33-8-10-34(11-9-33)22-5-4-18(13-21(22)27)32-26-30-7-6-19(14-31-26)37-16-20-24(28)17(15-35-2)12-23(36-3)25(20)29/h4-5,7,12-14H,6,8-11,15-16H2,1-3H3,(H,31,32). The van der Waals surface area contributed by atoms with Crippen LogP contribution in [-0.2, 0) is 22.7 Å². The van der Waals surface area contributed by atoms with Crippen LogP contribution in [0, 0.1) is 17.5 Å². The number of aliphatic imine (C=N–C) groups is 2. The van der Waals surface area contributed by atoms with E-state index < -0.39 is 11.6 Å². The van der Waals surface area contributed by atoms with Crippen LogP contribution in [-0.4, -0.2) is 64.5 Å². The largest absolute Gasteiger partial charge is 0.494 e. The van der Waals surface area contributed by atoms with Gasteiger partial charge in [-0.15, -0.1) is 0 Å². The lowest BCUT2D eigenvalue weighted by Crippen LogP contribution is -2.44. The summed E-state index contributed by atoms with van der Waals surface area (Å²) in [5.41, 5.74) is 0.944. The molecule has 2 heterocycles. The van der Waals surface area contributed by atoms with Gasteiger partial charge in [0.1, 0.15) is 24.0 Å². The van der Waals surface area contributed by atoms with Crippen LogP contribution in [0.15, 0.2) is 46.2 Å². The Bertz CT molecular complexity index is 1210. The van der Waals surface area contributed by atoms with Crippen molar-refractivity contribution < 1.29 is 27.4 Å². The smallest absolute Gasteiger partial charge is 0.226 e. The van der Waals surface area contributed by atoms with Crippen LogP contribution in [0.2, 0.25) is 0 Å². The number of nitrogens with zero attached hydrogens (tertiary/aromatic N) is 4. The number of hydrogen-bond acceptors (Lipinski definition) is 8. The molecule has 8 nitrogen and oxygen atoms in total. The predicted molar refractivity (Wildman–Crippen MR) is 137 cm³/mol. The first kappa shape index (κ1) is 26.5. The van der Waals surface area contributed by atoms with Gasteiger partial charge < -0.3 is 29.3 Å². The van der Waals surface area contributed by atoms with Crippen LogP contribution in [0.25, 0.3) is 0 Å². The van der Waals surface area contributed by atoms with Gasteiger partial charge in [0.2, 0.25) is 5.96 Å². The van der Waals surface area contributed by atoms with Crippen LogP contribution in [0.4, 0.5) is 24.5 Å². The van der Waals surface area contributed by atoms with E-state index in [0.717, 1.165) is 26.2 Å². The van der Waals surface area contributed by atoms with E-state index in [2.05, 4.69) is 20.2 Å². The normalized spacial score (nSPS) is 16.2. The number of piperazine rings is 1. The first-order valence-corrected chi connectivity index (χ1v) is 11.8. The highest BCUT2D eigenvalue weighted by Gasteiger charge is 2.21. The number of nitrogens with one attached hydrogen (secondary N) is 1. The Labute approximate surface area is 214 Å². The molecule has 0 saturated carbocycles. The van der Waals surface area contributed by atoms with E-state index in [1.165, 1.54) is 32.6 Å². The van der Waals surface area contributed by atoms with Crippen molar-refractivity contribution >= 4 is 23.5 Å². The molecular weight excluding hydrogens is 487 g/mol. The fraction of sp³-hybridized carbons (Fsp3) is 0.385. The fourth-order valence-electron chi connectivity index (χ4n) is 4.04. The monoisotopic (exact) mass is 517 g/mol. The quantitative estimate of drug-likeness (QED) is 0.563. The van der Waals surface area contributed by atoms with E-state index in [4.69, 9.17) is 14.2 Å². The van der Waals surface area contributed by atoms with E-state index in [-0.39, 0.29) is 48.3 Å². The maximum Gasteiger partial charge on any atom is 0.226 e. The minimum absolute atomic E-state index is 0.0406. The molecule has 2 aliphatic rings. The molecule has 1 fully saturated rings. The maximum atomic E-state index is 14.8. The molecule has 0 atom stereocenters. The summed E-state index contributed by atoms with van der Waals surface area (Å²) < 4.78 is 59.9. The van der Waals surface area contributed by atoms with Crippen LogP contribution in [0.3, 0.4) is 0 Å². The SMILES string of the molecule is COCc1cc(OC)c(F)c(COC2=CN=C(Nc3ccc(N4CCN(C)CC4)c(F)c3)N=CC2)c1F. The van der Waals surface area contributed by atoms with Crippen molar-refractivity contribution in [2.24, 2.45) is 9.98 Å². The Hall–Kier alpha value is -3.57. The van der Waals surface area contributed by atoms with Crippen molar-refractivity contribution in [3.05, 3.63) is 64.8 Å². The van der Waals surface area contributed by atoms with E-state index in [0.29, 0.717) is 17.1 Å². The highest BCUT2D eigenvalue weighted by atomic mass is 19.1. The van der Waals surface area contributed by atoms with Crippen LogP contribution < -0.4 is 15.0 Å². The molecule has 198 valence electrons. The average Bonchev–Trinajstić information content (AvgIpc) is 3.11. The lowest BCUT2D eigenvalue weighted by molar-refractivity contribution is 0.174. The van der Waals surface area contributed by atoms with Gasteiger partial charge in [-0.2, -0.15) is 0 Å². The second-order valence-corrected chi connectivity index (χ2v) is 8.71. The molecule has 1 saturated heterocycles. The number of methoxy groups -OCH3 is 2. The Morgan fingerprint density at radius 3 is 2.49 bits per heavy atom. The van der Waals surface area contributed by atoms with Crippen molar-refractivity contribution in [1.29, 1.82) is 0 Å². The van der Waals surface area contributed by atoms with Crippen LogP contribution in [0.5, 0.6) is 5.75 Å². The zero-order valence-corrected chi connectivity index (χ0v) is 21.1. The van der Waals surface area contributed by atoms with Gasteiger partial charge in [-0.1, -0.05) is 0 Å². The molecule has 37 heavy (non-hydrogen) atoms. The molecule has 2 aromatic carbocycles. The van der Waals surface area contributed by atoms with Crippen molar-refractivity contribution in [3.8, 4) is 5.75 Å². The zero-order chi connectivity index (χ0) is 26.4. The average molecular weight is 518 g/mol. The molecule has 0 aromatic heterocycles.